The van der Waals surface area contributed by atoms with Crippen LogP contribution in [0, 0.1) is 11.6 Å². The van der Waals surface area contributed by atoms with E-state index in [2.05, 4.69) is 10.3 Å². The standard InChI is InChI=1S/C13H19F2N3O.HI/c1-9(8-19-2)18-13(16)17-6-5-10-3-4-11(14)7-12(10)15;/h3-4,7,9H,5-6,8H2,1-2H3,(H3,16,17,18);1H. The van der Waals surface area contributed by atoms with Crippen molar-refractivity contribution >= 4 is 29.9 Å². The molecule has 1 aromatic rings. The molecule has 0 amide bonds. The number of hydrogen-bond donors (Lipinski definition) is 2. The van der Waals surface area contributed by atoms with E-state index in [-0.39, 0.29) is 36.0 Å². The zero-order chi connectivity index (χ0) is 14.3. The lowest BCUT2D eigenvalue weighted by molar-refractivity contribution is 0.179. The molecule has 7 heteroatoms. The topological polar surface area (TPSA) is 59.6 Å². The van der Waals surface area contributed by atoms with Crippen molar-refractivity contribution in [3.8, 4) is 0 Å². The number of guanidine groups is 1. The molecule has 0 aromatic heterocycles. The number of ether oxygens (including phenoxy) is 1. The van der Waals surface area contributed by atoms with E-state index >= 15 is 0 Å². The Labute approximate surface area is 134 Å². The third kappa shape index (κ3) is 6.99. The van der Waals surface area contributed by atoms with Gasteiger partial charge in [-0.05, 0) is 25.0 Å². The van der Waals surface area contributed by atoms with Crippen molar-refractivity contribution in [2.24, 2.45) is 10.7 Å². The highest BCUT2D eigenvalue weighted by Crippen LogP contribution is 2.09. The number of nitrogens with one attached hydrogen (secondary N) is 1. The van der Waals surface area contributed by atoms with Crippen LogP contribution in [0.5, 0.6) is 0 Å². The Balaban J connectivity index is 0.00000361. The van der Waals surface area contributed by atoms with Crippen LogP contribution in [0.4, 0.5) is 8.78 Å². The first-order valence-electron chi connectivity index (χ1n) is 6.02. The lowest BCUT2D eigenvalue weighted by Crippen LogP contribution is -2.40. The maximum absolute atomic E-state index is 13.3. The molecule has 0 heterocycles. The first-order valence-corrected chi connectivity index (χ1v) is 6.02. The molecule has 114 valence electrons. The second kappa shape index (κ2) is 9.87. The van der Waals surface area contributed by atoms with Gasteiger partial charge in [-0.3, -0.25) is 4.99 Å². The average molecular weight is 399 g/mol. The fraction of sp³-hybridized carbons (Fsp3) is 0.462. The van der Waals surface area contributed by atoms with Crippen molar-refractivity contribution in [1.29, 1.82) is 0 Å². The highest BCUT2D eigenvalue weighted by Gasteiger charge is 2.04. The van der Waals surface area contributed by atoms with Gasteiger partial charge in [-0.1, -0.05) is 6.07 Å². The van der Waals surface area contributed by atoms with E-state index in [1.54, 1.807) is 7.11 Å². The Bertz CT molecular complexity index is 444. The normalized spacial score (nSPS) is 12.7. The summed E-state index contributed by atoms with van der Waals surface area (Å²) in [4.78, 5) is 4.07. The fourth-order valence-corrected chi connectivity index (χ4v) is 1.61. The van der Waals surface area contributed by atoms with Crippen molar-refractivity contribution in [2.75, 3.05) is 20.3 Å². The van der Waals surface area contributed by atoms with Gasteiger partial charge in [0.1, 0.15) is 11.6 Å². The summed E-state index contributed by atoms with van der Waals surface area (Å²) in [5.74, 6) is -0.860. The van der Waals surface area contributed by atoms with Crippen LogP contribution in [0.15, 0.2) is 23.2 Å². The smallest absolute Gasteiger partial charge is 0.188 e. The summed E-state index contributed by atoms with van der Waals surface area (Å²) < 4.78 is 31.0. The summed E-state index contributed by atoms with van der Waals surface area (Å²) in [6, 6.07) is 3.56. The van der Waals surface area contributed by atoms with Crippen molar-refractivity contribution in [3.05, 3.63) is 35.4 Å². The molecule has 0 aliphatic rings. The van der Waals surface area contributed by atoms with Gasteiger partial charge in [-0.15, -0.1) is 24.0 Å². The van der Waals surface area contributed by atoms with E-state index in [0.29, 0.717) is 25.1 Å². The van der Waals surface area contributed by atoms with Crippen LogP contribution in [-0.4, -0.2) is 32.3 Å². The van der Waals surface area contributed by atoms with Crippen LogP contribution in [-0.2, 0) is 11.2 Å². The van der Waals surface area contributed by atoms with Gasteiger partial charge in [0.2, 0.25) is 0 Å². The molecule has 0 aliphatic heterocycles. The molecule has 1 atom stereocenters. The number of rotatable bonds is 6. The van der Waals surface area contributed by atoms with Crippen molar-refractivity contribution < 1.29 is 13.5 Å². The second-order valence-corrected chi connectivity index (χ2v) is 4.25. The molecule has 20 heavy (non-hydrogen) atoms. The van der Waals surface area contributed by atoms with Crippen LogP contribution in [0.2, 0.25) is 0 Å². The number of benzene rings is 1. The van der Waals surface area contributed by atoms with E-state index in [1.165, 1.54) is 12.1 Å². The first kappa shape index (κ1) is 19.0. The van der Waals surface area contributed by atoms with Gasteiger partial charge in [0.15, 0.2) is 5.96 Å². The Hall–Kier alpha value is -0.960. The number of nitrogens with zero attached hydrogens (tertiary/aromatic N) is 1. The molecule has 0 aliphatic carbocycles. The lowest BCUT2D eigenvalue weighted by atomic mass is 10.1. The van der Waals surface area contributed by atoms with Crippen LogP contribution in [0.25, 0.3) is 0 Å². The number of aliphatic imine (C=N–C) groups is 1. The molecule has 3 N–H and O–H groups in total. The third-order valence-corrected chi connectivity index (χ3v) is 2.49. The van der Waals surface area contributed by atoms with E-state index in [9.17, 15) is 8.78 Å². The van der Waals surface area contributed by atoms with Gasteiger partial charge in [0.25, 0.3) is 0 Å². The van der Waals surface area contributed by atoms with E-state index < -0.39 is 11.6 Å². The molecule has 1 rings (SSSR count). The second-order valence-electron chi connectivity index (χ2n) is 4.25. The molecular weight excluding hydrogens is 379 g/mol. The fourth-order valence-electron chi connectivity index (χ4n) is 1.61. The van der Waals surface area contributed by atoms with Crippen molar-refractivity contribution in [1.82, 2.24) is 5.32 Å². The highest BCUT2D eigenvalue weighted by atomic mass is 127. The minimum Gasteiger partial charge on any atom is -0.383 e. The monoisotopic (exact) mass is 399 g/mol. The van der Waals surface area contributed by atoms with Gasteiger partial charge in [0.05, 0.1) is 6.61 Å². The van der Waals surface area contributed by atoms with Crippen LogP contribution in [0.1, 0.15) is 12.5 Å². The summed E-state index contributed by atoms with van der Waals surface area (Å²) in [6.45, 7) is 2.76. The zero-order valence-corrected chi connectivity index (χ0v) is 13.9. The van der Waals surface area contributed by atoms with Crippen LogP contribution < -0.4 is 11.1 Å². The Morgan fingerprint density at radius 3 is 2.75 bits per heavy atom. The average Bonchev–Trinajstić information content (AvgIpc) is 2.32. The molecule has 0 spiro atoms. The zero-order valence-electron chi connectivity index (χ0n) is 11.5. The van der Waals surface area contributed by atoms with E-state index in [4.69, 9.17) is 10.5 Å². The minimum absolute atomic E-state index is 0. The summed E-state index contributed by atoms with van der Waals surface area (Å²) in [5.41, 5.74) is 6.08. The first-order chi connectivity index (χ1) is 9.02. The summed E-state index contributed by atoms with van der Waals surface area (Å²) in [5, 5.41) is 2.94. The van der Waals surface area contributed by atoms with Gasteiger partial charge in [-0.2, -0.15) is 0 Å². The summed E-state index contributed by atoms with van der Waals surface area (Å²) in [7, 11) is 1.60. The molecule has 0 bridgehead atoms. The van der Waals surface area contributed by atoms with E-state index in [1.807, 2.05) is 6.92 Å². The van der Waals surface area contributed by atoms with Crippen molar-refractivity contribution in [2.45, 2.75) is 19.4 Å². The third-order valence-electron chi connectivity index (χ3n) is 2.49. The maximum Gasteiger partial charge on any atom is 0.188 e. The molecule has 1 unspecified atom stereocenters. The Morgan fingerprint density at radius 2 is 2.15 bits per heavy atom. The van der Waals surface area contributed by atoms with E-state index in [0.717, 1.165) is 6.07 Å². The van der Waals surface area contributed by atoms with Crippen LogP contribution >= 0.6 is 24.0 Å². The van der Waals surface area contributed by atoms with Crippen LogP contribution in [0.3, 0.4) is 0 Å². The molecule has 0 fully saturated rings. The SMILES string of the molecule is COCC(C)NC(N)=NCCc1ccc(F)cc1F.I. The Morgan fingerprint density at radius 1 is 1.45 bits per heavy atom. The maximum atomic E-state index is 13.3. The van der Waals surface area contributed by atoms with Gasteiger partial charge in [0, 0.05) is 25.8 Å². The van der Waals surface area contributed by atoms with Gasteiger partial charge < -0.3 is 15.8 Å². The van der Waals surface area contributed by atoms with Crippen molar-refractivity contribution in [3.63, 3.8) is 0 Å². The molecule has 0 saturated carbocycles. The molecule has 0 radical (unpaired) electrons. The molecule has 0 saturated heterocycles. The quantitative estimate of drug-likeness (QED) is 0.438. The Kier molecular flexibility index (Phi) is 9.39. The number of nitrogens with two attached hydrogens (primary N) is 1. The van der Waals surface area contributed by atoms with Gasteiger partial charge in [-0.25, -0.2) is 8.78 Å². The summed E-state index contributed by atoms with van der Waals surface area (Å²) >= 11 is 0. The number of hydrogen-bond acceptors (Lipinski definition) is 2. The predicted octanol–water partition coefficient (Wildman–Crippen LogP) is 2.06. The van der Waals surface area contributed by atoms with Gasteiger partial charge >= 0.3 is 0 Å². The summed E-state index contributed by atoms with van der Waals surface area (Å²) in [6.07, 6.45) is 0.368. The highest BCUT2D eigenvalue weighted by molar-refractivity contribution is 14.0. The number of methoxy groups -OCH3 is 1. The largest absolute Gasteiger partial charge is 0.383 e. The predicted molar refractivity (Wildman–Crippen MR) is 86.4 cm³/mol. The minimum atomic E-state index is -0.584. The molecular formula is C13H20F2IN3O. The molecule has 4 nitrogen and oxygen atoms in total. The number of halogens is 3. The lowest BCUT2D eigenvalue weighted by Gasteiger charge is -2.13. The molecule has 1 aromatic carbocycles.